The summed E-state index contributed by atoms with van der Waals surface area (Å²) in [5.74, 6) is 0.838. The molecule has 1 heterocycles. The fraction of sp³-hybridized carbons (Fsp3) is 0.500. The number of amides is 2. The van der Waals surface area contributed by atoms with Crippen molar-refractivity contribution in [1.82, 2.24) is 10.6 Å². The van der Waals surface area contributed by atoms with Gasteiger partial charge < -0.3 is 20.1 Å². The highest BCUT2D eigenvalue weighted by Gasteiger charge is 2.17. The number of ether oxygens (including phenoxy) is 2. The van der Waals surface area contributed by atoms with E-state index in [-0.39, 0.29) is 12.1 Å². The zero-order chi connectivity index (χ0) is 13.5. The number of nitrogens with one attached hydrogen (secondary N) is 2. The molecule has 0 radical (unpaired) electrons. The molecule has 1 aliphatic rings. The number of rotatable bonds is 5. The van der Waals surface area contributed by atoms with Crippen LogP contribution in [0.4, 0.5) is 4.79 Å². The van der Waals surface area contributed by atoms with E-state index in [2.05, 4.69) is 10.6 Å². The molecule has 1 atom stereocenters. The molecule has 0 aromatic heterocycles. The van der Waals surface area contributed by atoms with Crippen molar-refractivity contribution in [1.29, 1.82) is 0 Å². The predicted molar refractivity (Wildman–Crippen MR) is 72.5 cm³/mol. The molecule has 1 fully saturated rings. The summed E-state index contributed by atoms with van der Waals surface area (Å²) in [6.45, 7) is 1.95. The first-order chi connectivity index (χ1) is 9.28. The molecule has 19 heavy (non-hydrogen) atoms. The number of carbonyl (C=O) groups is 1. The molecule has 2 rings (SSSR count). The van der Waals surface area contributed by atoms with E-state index >= 15 is 0 Å². The first kappa shape index (κ1) is 13.7. The van der Waals surface area contributed by atoms with Gasteiger partial charge in [-0.05, 0) is 30.5 Å². The second-order valence-corrected chi connectivity index (χ2v) is 4.56. The molecule has 0 saturated carbocycles. The SMILES string of the molecule is COc1cccc(CCNC(=O)NC2CCOC2)c1. The number of hydrogen-bond acceptors (Lipinski definition) is 3. The Kier molecular flexibility index (Phi) is 5.03. The second kappa shape index (κ2) is 6.99. The molecular weight excluding hydrogens is 244 g/mol. The van der Waals surface area contributed by atoms with Gasteiger partial charge in [0.1, 0.15) is 5.75 Å². The van der Waals surface area contributed by atoms with Crippen LogP contribution in [-0.4, -0.2) is 38.9 Å². The second-order valence-electron chi connectivity index (χ2n) is 4.56. The minimum atomic E-state index is -0.126. The monoisotopic (exact) mass is 264 g/mol. The first-order valence-electron chi connectivity index (χ1n) is 6.53. The number of benzene rings is 1. The fourth-order valence-electron chi connectivity index (χ4n) is 2.03. The van der Waals surface area contributed by atoms with Crippen LogP contribution in [0.2, 0.25) is 0 Å². The van der Waals surface area contributed by atoms with Crippen molar-refractivity contribution in [2.75, 3.05) is 26.9 Å². The van der Waals surface area contributed by atoms with Gasteiger partial charge in [-0.2, -0.15) is 0 Å². The van der Waals surface area contributed by atoms with E-state index in [9.17, 15) is 4.79 Å². The van der Waals surface area contributed by atoms with Crippen molar-refractivity contribution in [3.05, 3.63) is 29.8 Å². The molecule has 5 nitrogen and oxygen atoms in total. The van der Waals surface area contributed by atoms with Crippen molar-refractivity contribution < 1.29 is 14.3 Å². The summed E-state index contributed by atoms with van der Waals surface area (Å²) in [4.78, 5) is 11.6. The minimum absolute atomic E-state index is 0.126. The summed E-state index contributed by atoms with van der Waals surface area (Å²) in [5.41, 5.74) is 1.14. The van der Waals surface area contributed by atoms with Crippen LogP contribution in [0.1, 0.15) is 12.0 Å². The highest BCUT2D eigenvalue weighted by atomic mass is 16.5. The van der Waals surface area contributed by atoms with E-state index in [4.69, 9.17) is 9.47 Å². The van der Waals surface area contributed by atoms with E-state index in [0.717, 1.165) is 30.8 Å². The average Bonchev–Trinajstić information content (AvgIpc) is 2.92. The highest BCUT2D eigenvalue weighted by molar-refractivity contribution is 5.74. The van der Waals surface area contributed by atoms with E-state index in [1.807, 2.05) is 24.3 Å². The molecular formula is C14H20N2O3. The van der Waals surface area contributed by atoms with E-state index < -0.39 is 0 Å². The van der Waals surface area contributed by atoms with E-state index in [1.54, 1.807) is 7.11 Å². The fourth-order valence-corrected chi connectivity index (χ4v) is 2.03. The molecule has 0 spiro atoms. The molecule has 1 aromatic carbocycles. The highest BCUT2D eigenvalue weighted by Crippen LogP contribution is 2.12. The van der Waals surface area contributed by atoms with E-state index in [1.165, 1.54) is 0 Å². The molecule has 1 unspecified atom stereocenters. The normalized spacial score (nSPS) is 18.1. The lowest BCUT2D eigenvalue weighted by molar-refractivity contribution is 0.188. The van der Waals surface area contributed by atoms with Gasteiger partial charge >= 0.3 is 6.03 Å². The lowest BCUT2D eigenvalue weighted by atomic mass is 10.1. The van der Waals surface area contributed by atoms with Gasteiger partial charge in [-0.3, -0.25) is 0 Å². The summed E-state index contributed by atoms with van der Waals surface area (Å²) >= 11 is 0. The average molecular weight is 264 g/mol. The zero-order valence-electron chi connectivity index (χ0n) is 11.1. The Bertz CT molecular complexity index is 417. The van der Waals surface area contributed by atoms with Gasteiger partial charge in [-0.15, -0.1) is 0 Å². The van der Waals surface area contributed by atoms with Gasteiger partial charge in [0.2, 0.25) is 0 Å². The van der Waals surface area contributed by atoms with Gasteiger partial charge in [-0.1, -0.05) is 12.1 Å². The van der Waals surface area contributed by atoms with Crippen LogP contribution >= 0.6 is 0 Å². The maximum atomic E-state index is 11.6. The van der Waals surface area contributed by atoms with Crippen molar-refractivity contribution in [3.63, 3.8) is 0 Å². The largest absolute Gasteiger partial charge is 0.497 e. The third kappa shape index (κ3) is 4.44. The van der Waals surface area contributed by atoms with Crippen molar-refractivity contribution in [2.24, 2.45) is 0 Å². The summed E-state index contributed by atoms with van der Waals surface area (Å²) < 4.78 is 10.4. The number of methoxy groups -OCH3 is 1. The van der Waals surface area contributed by atoms with Gasteiger partial charge in [0.25, 0.3) is 0 Å². The Morgan fingerprint density at radius 2 is 2.42 bits per heavy atom. The summed E-state index contributed by atoms with van der Waals surface area (Å²) in [7, 11) is 1.65. The van der Waals surface area contributed by atoms with Gasteiger partial charge in [-0.25, -0.2) is 4.79 Å². The maximum absolute atomic E-state index is 11.6. The first-order valence-corrected chi connectivity index (χ1v) is 6.53. The predicted octanol–water partition coefficient (Wildman–Crippen LogP) is 1.33. The summed E-state index contributed by atoms with van der Waals surface area (Å²) in [6, 6.07) is 7.88. The lowest BCUT2D eigenvalue weighted by Crippen LogP contribution is -2.42. The summed E-state index contributed by atoms with van der Waals surface area (Å²) in [5, 5.41) is 5.74. The molecule has 2 N–H and O–H groups in total. The number of carbonyl (C=O) groups excluding carboxylic acids is 1. The standard InChI is InChI=1S/C14H20N2O3/c1-18-13-4-2-3-11(9-13)5-7-15-14(17)16-12-6-8-19-10-12/h2-4,9,12H,5-8,10H2,1H3,(H2,15,16,17). The van der Waals surface area contributed by atoms with Crippen molar-refractivity contribution >= 4 is 6.03 Å². The Hall–Kier alpha value is -1.75. The van der Waals surface area contributed by atoms with Crippen LogP contribution in [0.25, 0.3) is 0 Å². The van der Waals surface area contributed by atoms with E-state index in [0.29, 0.717) is 13.2 Å². The quantitative estimate of drug-likeness (QED) is 0.843. The Morgan fingerprint density at radius 1 is 1.53 bits per heavy atom. The summed E-state index contributed by atoms with van der Waals surface area (Å²) in [6.07, 6.45) is 1.68. The Balaban J connectivity index is 1.68. The Morgan fingerprint density at radius 3 is 3.16 bits per heavy atom. The van der Waals surface area contributed by atoms with Crippen LogP contribution in [0, 0.1) is 0 Å². The van der Waals surface area contributed by atoms with Crippen molar-refractivity contribution in [3.8, 4) is 5.75 Å². The molecule has 1 saturated heterocycles. The number of hydrogen-bond donors (Lipinski definition) is 2. The third-order valence-electron chi connectivity index (χ3n) is 3.10. The van der Waals surface area contributed by atoms with Crippen molar-refractivity contribution in [2.45, 2.75) is 18.9 Å². The number of urea groups is 1. The maximum Gasteiger partial charge on any atom is 0.315 e. The molecule has 5 heteroatoms. The molecule has 2 amide bonds. The topological polar surface area (TPSA) is 59.6 Å². The van der Waals surface area contributed by atoms with Gasteiger partial charge in [0.15, 0.2) is 0 Å². The smallest absolute Gasteiger partial charge is 0.315 e. The third-order valence-corrected chi connectivity index (χ3v) is 3.10. The molecule has 104 valence electrons. The minimum Gasteiger partial charge on any atom is -0.497 e. The van der Waals surface area contributed by atoms with Crippen LogP contribution in [0.3, 0.4) is 0 Å². The lowest BCUT2D eigenvalue weighted by Gasteiger charge is -2.12. The van der Waals surface area contributed by atoms with Gasteiger partial charge in [0.05, 0.1) is 19.8 Å². The molecule has 0 aliphatic carbocycles. The van der Waals surface area contributed by atoms with Crippen LogP contribution in [-0.2, 0) is 11.2 Å². The van der Waals surface area contributed by atoms with Crippen LogP contribution in [0.15, 0.2) is 24.3 Å². The Labute approximate surface area is 113 Å². The zero-order valence-corrected chi connectivity index (χ0v) is 11.1. The molecule has 1 aromatic rings. The molecule has 0 bridgehead atoms. The van der Waals surface area contributed by atoms with Gasteiger partial charge in [0, 0.05) is 13.2 Å². The van der Waals surface area contributed by atoms with Crippen LogP contribution in [0.5, 0.6) is 5.75 Å². The van der Waals surface area contributed by atoms with Crippen LogP contribution < -0.4 is 15.4 Å². The molecule has 1 aliphatic heterocycles.